The number of aromatic nitrogens is 5. The van der Waals surface area contributed by atoms with Gasteiger partial charge in [-0.1, -0.05) is 0 Å². The van der Waals surface area contributed by atoms with Gasteiger partial charge in [-0.05, 0) is 24.3 Å². The van der Waals surface area contributed by atoms with E-state index in [0.29, 0.717) is 17.5 Å². The minimum absolute atomic E-state index is 0.336. The topological polar surface area (TPSA) is 74.8 Å². The molecule has 1 aromatic rings. The maximum Gasteiger partial charge on any atom is 0.351 e. The van der Waals surface area contributed by atoms with Crippen molar-refractivity contribution in [3.8, 4) is 28.8 Å². The van der Waals surface area contributed by atoms with E-state index >= 15 is 0 Å². The maximum atomic E-state index is 11.6. The van der Waals surface area contributed by atoms with Crippen LogP contribution in [0.3, 0.4) is 0 Å². The van der Waals surface area contributed by atoms with E-state index in [1.165, 1.54) is 4.57 Å². The van der Waals surface area contributed by atoms with Crippen LogP contribution >= 0.6 is 0 Å². The zero-order valence-corrected chi connectivity index (χ0v) is 11.4. The molecule has 3 rings (SSSR count). The molecule has 2 aliphatic heterocycles. The summed E-state index contributed by atoms with van der Waals surface area (Å²) < 4.78 is 8.09. The Balaban J connectivity index is 2.18. The summed E-state index contributed by atoms with van der Waals surface area (Å²) in [5.74, 6) is 2.28. The number of ether oxygens (including phenoxy) is 1. The molecule has 2 heterocycles. The first-order chi connectivity index (χ1) is 9.60. The highest BCUT2D eigenvalue weighted by molar-refractivity contribution is 5.59. The summed E-state index contributed by atoms with van der Waals surface area (Å²) in [6.07, 6.45) is 0. The predicted molar refractivity (Wildman–Crippen MR) is 72.6 cm³/mol. The Morgan fingerprint density at radius 3 is 2.40 bits per heavy atom. The second-order valence-electron chi connectivity index (χ2n) is 4.39. The van der Waals surface area contributed by atoms with Crippen molar-refractivity contribution in [2.75, 3.05) is 7.11 Å². The average Bonchev–Trinajstić information content (AvgIpc) is 2.76. The third-order valence-electron chi connectivity index (χ3n) is 3.12. The Morgan fingerprint density at radius 1 is 1.05 bits per heavy atom. The van der Waals surface area contributed by atoms with Crippen LogP contribution in [0.2, 0.25) is 0 Å². The Morgan fingerprint density at radius 2 is 1.75 bits per heavy atom. The number of nitrogens with zero attached hydrogens (tertiary/aromatic N) is 5. The largest absolute Gasteiger partial charge is 0.497 e. The number of methoxy groups -OCH3 is 1. The third kappa shape index (κ3) is 1.83. The molecule has 0 aromatic heterocycles. The molecule has 0 saturated heterocycles. The number of hydrogen-bond donors (Lipinski definition) is 0. The van der Waals surface area contributed by atoms with Crippen LogP contribution in [0.4, 0.5) is 0 Å². The Labute approximate surface area is 114 Å². The zero-order valence-electron chi connectivity index (χ0n) is 11.4. The molecule has 0 atom stereocenters. The molecule has 7 nitrogen and oxygen atoms in total. The van der Waals surface area contributed by atoms with E-state index in [0.717, 1.165) is 11.3 Å². The minimum atomic E-state index is -0.336. The predicted octanol–water partition coefficient (Wildman–Crippen LogP) is 0.689. The van der Waals surface area contributed by atoms with Gasteiger partial charge in [0.25, 0.3) is 0 Å². The molecule has 1 aromatic carbocycles. The number of imidazole rings is 1. The lowest BCUT2D eigenvalue weighted by molar-refractivity contribution is 0.415. The fourth-order valence-corrected chi connectivity index (χ4v) is 1.97. The average molecular weight is 271 g/mol. The Bertz CT molecular complexity index is 788. The molecule has 0 saturated carbocycles. The number of fused-ring (bicyclic) bond motifs is 1. The molecule has 20 heavy (non-hydrogen) atoms. The summed E-state index contributed by atoms with van der Waals surface area (Å²) in [4.78, 5) is 19.9. The molecule has 0 fully saturated rings. The molecular formula is C13H13N5O2. The monoisotopic (exact) mass is 271 g/mol. The lowest BCUT2D eigenvalue weighted by Gasteiger charge is -2.08. The summed E-state index contributed by atoms with van der Waals surface area (Å²) >= 11 is 0. The van der Waals surface area contributed by atoms with Crippen molar-refractivity contribution in [1.82, 2.24) is 24.3 Å². The van der Waals surface area contributed by atoms with Crippen molar-refractivity contribution in [2.45, 2.75) is 0 Å². The van der Waals surface area contributed by atoms with Crippen LogP contribution in [0.15, 0.2) is 29.1 Å². The number of rotatable bonds is 2. The molecule has 0 spiro atoms. The van der Waals surface area contributed by atoms with Gasteiger partial charge in [-0.2, -0.15) is 10.1 Å². The van der Waals surface area contributed by atoms with Crippen molar-refractivity contribution < 1.29 is 4.74 Å². The second-order valence-corrected chi connectivity index (χ2v) is 4.39. The number of benzene rings is 1. The van der Waals surface area contributed by atoms with Crippen LogP contribution in [0.25, 0.3) is 23.0 Å². The fraction of sp³-hybridized carbons (Fsp3) is 0.231. The molecule has 0 aliphatic carbocycles. The third-order valence-corrected chi connectivity index (χ3v) is 3.12. The normalized spacial score (nSPS) is 10.9. The highest BCUT2D eigenvalue weighted by Crippen LogP contribution is 2.21. The van der Waals surface area contributed by atoms with Crippen LogP contribution in [0, 0.1) is 0 Å². The Kier molecular flexibility index (Phi) is 2.74. The van der Waals surface area contributed by atoms with E-state index in [-0.39, 0.29) is 5.69 Å². The van der Waals surface area contributed by atoms with Gasteiger partial charge in [0.05, 0.1) is 7.11 Å². The van der Waals surface area contributed by atoms with Gasteiger partial charge in [0.1, 0.15) is 5.75 Å². The molecule has 0 amide bonds. The lowest BCUT2D eigenvalue weighted by atomic mass is 10.2. The molecule has 0 bridgehead atoms. The van der Waals surface area contributed by atoms with E-state index in [1.54, 1.807) is 25.9 Å². The van der Waals surface area contributed by atoms with Crippen LogP contribution in [0.5, 0.6) is 5.75 Å². The zero-order chi connectivity index (χ0) is 14.3. The lowest BCUT2D eigenvalue weighted by Crippen LogP contribution is -2.12. The molecule has 0 N–H and O–H groups in total. The van der Waals surface area contributed by atoms with Gasteiger partial charge in [-0.15, -0.1) is 0 Å². The first kappa shape index (κ1) is 12.3. The maximum absolute atomic E-state index is 11.6. The van der Waals surface area contributed by atoms with Crippen molar-refractivity contribution in [1.29, 1.82) is 0 Å². The highest BCUT2D eigenvalue weighted by Gasteiger charge is 2.18. The van der Waals surface area contributed by atoms with Gasteiger partial charge in [-0.25, -0.2) is 14.5 Å². The highest BCUT2D eigenvalue weighted by atomic mass is 16.5. The Hall–Kier alpha value is -2.70. The van der Waals surface area contributed by atoms with E-state index in [2.05, 4.69) is 15.1 Å². The molecule has 0 unspecified atom stereocenters. The number of aryl methyl sites for hydroxylation is 1. The minimum Gasteiger partial charge on any atom is -0.497 e. The van der Waals surface area contributed by atoms with Crippen LogP contribution in [0.1, 0.15) is 0 Å². The summed E-state index contributed by atoms with van der Waals surface area (Å²) in [7, 11) is 4.99. The summed E-state index contributed by atoms with van der Waals surface area (Å²) in [5.41, 5.74) is 0.508. The van der Waals surface area contributed by atoms with Crippen LogP contribution in [-0.4, -0.2) is 31.4 Å². The van der Waals surface area contributed by atoms with Crippen molar-refractivity contribution in [3.63, 3.8) is 0 Å². The van der Waals surface area contributed by atoms with E-state index < -0.39 is 0 Å². The number of hydrogen-bond acceptors (Lipinski definition) is 5. The summed E-state index contributed by atoms with van der Waals surface area (Å²) in [5, 5.41) is 4.33. The van der Waals surface area contributed by atoms with Gasteiger partial charge in [0.2, 0.25) is 0 Å². The standard InChI is InChI=1S/C13H13N5O2/c1-17-11-12(15-13(17)19)18(2)16-10(14-11)8-4-6-9(20-3)7-5-8/h4-7H,1-3H3. The molecule has 7 heteroatoms. The van der Waals surface area contributed by atoms with Gasteiger partial charge >= 0.3 is 5.69 Å². The van der Waals surface area contributed by atoms with Crippen molar-refractivity contribution in [3.05, 3.63) is 34.7 Å². The molecule has 102 valence electrons. The van der Waals surface area contributed by atoms with E-state index in [4.69, 9.17) is 4.74 Å². The smallest absolute Gasteiger partial charge is 0.351 e. The first-order valence-electron chi connectivity index (χ1n) is 6.02. The van der Waals surface area contributed by atoms with E-state index in [9.17, 15) is 4.79 Å². The first-order valence-corrected chi connectivity index (χ1v) is 6.02. The second kappa shape index (κ2) is 4.44. The van der Waals surface area contributed by atoms with Crippen molar-refractivity contribution >= 4 is 0 Å². The fourth-order valence-electron chi connectivity index (χ4n) is 1.97. The molecule has 0 radical (unpaired) electrons. The van der Waals surface area contributed by atoms with Gasteiger partial charge < -0.3 is 4.74 Å². The van der Waals surface area contributed by atoms with Gasteiger partial charge in [0.15, 0.2) is 17.5 Å². The SMILES string of the molecule is COc1ccc(-c2nc3n(C)c(=O)nc-3n(C)n2)cc1. The quantitative estimate of drug-likeness (QED) is 0.685. The van der Waals surface area contributed by atoms with E-state index in [1.807, 2.05) is 24.3 Å². The summed E-state index contributed by atoms with van der Waals surface area (Å²) in [6.45, 7) is 0. The van der Waals surface area contributed by atoms with Gasteiger partial charge in [-0.3, -0.25) is 4.57 Å². The van der Waals surface area contributed by atoms with Gasteiger partial charge in [0, 0.05) is 19.7 Å². The molecular weight excluding hydrogens is 258 g/mol. The summed E-state index contributed by atoms with van der Waals surface area (Å²) in [6, 6.07) is 7.42. The van der Waals surface area contributed by atoms with Crippen LogP contribution < -0.4 is 10.4 Å². The van der Waals surface area contributed by atoms with Crippen LogP contribution in [-0.2, 0) is 14.1 Å². The van der Waals surface area contributed by atoms with Crippen molar-refractivity contribution in [2.24, 2.45) is 14.1 Å². The molecule has 2 aliphatic rings.